The van der Waals surface area contributed by atoms with Crippen LogP contribution in [0.3, 0.4) is 0 Å². The molecule has 176 valence electrons. The van der Waals surface area contributed by atoms with Gasteiger partial charge in [0.1, 0.15) is 11.9 Å². The minimum Gasteiger partial charge on any atom is -0.370 e. The smallest absolute Gasteiger partial charge is 0.194 e. The highest BCUT2D eigenvalue weighted by Gasteiger charge is 2.25. The van der Waals surface area contributed by atoms with Gasteiger partial charge >= 0.3 is 0 Å². The van der Waals surface area contributed by atoms with Crippen LogP contribution in [0.1, 0.15) is 35.5 Å². The number of hydrogen-bond donors (Lipinski definition) is 1. The van der Waals surface area contributed by atoms with Gasteiger partial charge in [0.05, 0.1) is 13.2 Å². The van der Waals surface area contributed by atoms with Gasteiger partial charge in [-0.15, -0.1) is 24.0 Å². The lowest BCUT2D eigenvalue weighted by molar-refractivity contribution is -0.00832. The number of benzene rings is 2. The summed E-state index contributed by atoms with van der Waals surface area (Å²) in [6.07, 6.45) is 4.80. The van der Waals surface area contributed by atoms with Crippen LogP contribution >= 0.6 is 24.0 Å². The molecule has 1 aliphatic heterocycles. The van der Waals surface area contributed by atoms with Crippen molar-refractivity contribution < 1.29 is 4.74 Å². The van der Waals surface area contributed by atoms with Gasteiger partial charge in [-0.3, -0.25) is 4.99 Å². The maximum atomic E-state index is 6.10. The molecule has 1 aromatic heterocycles. The number of aromatic nitrogens is 2. The Morgan fingerprint density at radius 2 is 1.94 bits per heavy atom. The molecule has 0 bridgehead atoms. The monoisotopic (exact) mass is 559 g/mol. The van der Waals surface area contributed by atoms with E-state index in [1.807, 2.05) is 18.5 Å². The second-order valence-corrected chi connectivity index (χ2v) is 8.10. The predicted molar refractivity (Wildman–Crippen MR) is 144 cm³/mol. The molecule has 1 N–H and O–H groups in total. The number of ether oxygens (including phenoxy) is 1. The fourth-order valence-electron chi connectivity index (χ4n) is 4.16. The van der Waals surface area contributed by atoms with E-state index in [0.29, 0.717) is 13.2 Å². The van der Waals surface area contributed by atoms with Gasteiger partial charge in [0.25, 0.3) is 0 Å². The van der Waals surface area contributed by atoms with Crippen molar-refractivity contribution >= 4 is 29.9 Å². The summed E-state index contributed by atoms with van der Waals surface area (Å²) >= 11 is 0. The Labute approximate surface area is 214 Å². The molecule has 2 aromatic carbocycles. The van der Waals surface area contributed by atoms with Gasteiger partial charge < -0.3 is 19.5 Å². The fraction of sp³-hybridized carbons (Fsp3) is 0.385. The standard InChI is InChI=1S/C26H33N5O.HI/c1-3-27-26(31-17-18-32-24(20-31)23-12-8-7-9-21(23)2)29-14-13-25-28-15-16-30(25)19-22-10-5-4-6-11-22;/h4-12,15-16,24H,3,13-14,17-20H2,1-2H3,(H,27,29);1H. The first-order valence-electron chi connectivity index (χ1n) is 11.5. The SMILES string of the molecule is CCNC(=NCCc1nccn1Cc1ccccc1)N1CCOC(c2ccccc2C)C1.I. The third-order valence-corrected chi connectivity index (χ3v) is 5.83. The number of nitrogens with one attached hydrogen (secondary N) is 1. The van der Waals surface area contributed by atoms with Gasteiger partial charge in [0, 0.05) is 45.0 Å². The van der Waals surface area contributed by atoms with Crippen LogP contribution in [0.15, 0.2) is 72.0 Å². The Kier molecular flexibility index (Phi) is 9.75. The first-order valence-corrected chi connectivity index (χ1v) is 11.5. The zero-order valence-corrected chi connectivity index (χ0v) is 21.8. The number of rotatable bonds is 7. The molecular weight excluding hydrogens is 525 g/mol. The van der Waals surface area contributed by atoms with Crippen LogP contribution in [-0.2, 0) is 17.7 Å². The maximum absolute atomic E-state index is 6.10. The van der Waals surface area contributed by atoms with Crippen molar-refractivity contribution in [2.75, 3.05) is 32.8 Å². The molecule has 0 saturated carbocycles. The van der Waals surface area contributed by atoms with Gasteiger partial charge in [0.15, 0.2) is 5.96 Å². The topological polar surface area (TPSA) is 54.7 Å². The van der Waals surface area contributed by atoms with Gasteiger partial charge in [0.2, 0.25) is 0 Å². The minimum absolute atomic E-state index is 0. The molecule has 3 aromatic rings. The Balaban J connectivity index is 0.00000306. The van der Waals surface area contributed by atoms with Crippen molar-refractivity contribution in [3.05, 3.63) is 89.5 Å². The molecule has 0 radical (unpaired) electrons. The van der Waals surface area contributed by atoms with E-state index in [0.717, 1.165) is 44.4 Å². The first kappa shape index (κ1) is 25.2. The van der Waals surface area contributed by atoms with Crippen molar-refractivity contribution in [3.8, 4) is 0 Å². The summed E-state index contributed by atoms with van der Waals surface area (Å²) in [7, 11) is 0. The van der Waals surface area contributed by atoms with E-state index < -0.39 is 0 Å². The lowest BCUT2D eigenvalue weighted by Gasteiger charge is -2.35. The molecule has 33 heavy (non-hydrogen) atoms. The van der Waals surface area contributed by atoms with Crippen molar-refractivity contribution in [1.82, 2.24) is 19.8 Å². The zero-order chi connectivity index (χ0) is 22.2. The van der Waals surface area contributed by atoms with E-state index >= 15 is 0 Å². The van der Waals surface area contributed by atoms with Crippen LogP contribution in [0.5, 0.6) is 0 Å². The molecular formula is C26H34IN5O. The normalized spacial score (nSPS) is 16.4. The van der Waals surface area contributed by atoms with E-state index in [2.05, 4.69) is 82.1 Å². The molecule has 1 fully saturated rings. The Morgan fingerprint density at radius 3 is 2.73 bits per heavy atom. The highest BCUT2D eigenvalue weighted by molar-refractivity contribution is 14.0. The number of halogens is 1. The molecule has 1 saturated heterocycles. The maximum Gasteiger partial charge on any atom is 0.194 e. The Hall–Kier alpha value is -2.39. The lowest BCUT2D eigenvalue weighted by atomic mass is 10.0. The zero-order valence-electron chi connectivity index (χ0n) is 19.5. The molecule has 7 heteroatoms. The quantitative estimate of drug-likeness (QED) is 0.264. The second kappa shape index (κ2) is 12.7. The number of nitrogens with zero attached hydrogens (tertiary/aromatic N) is 4. The summed E-state index contributed by atoms with van der Waals surface area (Å²) in [4.78, 5) is 11.8. The number of aryl methyl sites for hydroxylation is 1. The van der Waals surface area contributed by atoms with Crippen molar-refractivity contribution in [2.45, 2.75) is 32.9 Å². The van der Waals surface area contributed by atoms with Gasteiger partial charge in [-0.05, 0) is 30.5 Å². The number of guanidine groups is 1. The average Bonchev–Trinajstić information content (AvgIpc) is 3.26. The Morgan fingerprint density at radius 1 is 1.15 bits per heavy atom. The summed E-state index contributed by atoms with van der Waals surface area (Å²) in [6.45, 7) is 8.98. The summed E-state index contributed by atoms with van der Waals surface area (Å²) in [5.41, 5.74) is 3.81. The van der Waals surface area contributed by atoms with Gasteiger partial charge in [-0.25, -0.2) is 4.98 Å². The van der Waals surface area contributed by atoms with Crippen LogP contribution < -0.4 is 5.32 Å². The van der Waals surface area contributed by atoms with Crippen LogP contribution in [0.25, 0.3) is 0 Å². The number of aliphatic imine (C=N–C) groups is 1. The molecule has 6 nitrogen and oxygen atoms in total. The van der Waals surface area contributed by atoms with Crippen LogP contribution in [0.2, 0.25) is 0 Å². The molecule has 1 unspecified atom stereocenters. The molecule has 0 amide bonds. The van der Waals surface area contributed by atoms with E-state index in [1.54, 1.807) is 0 Å². The molecule has 0 spiro atoms. The third-order valence-electron chi connectivity index (χ3n) is 5.83. The van der Waals surface area contributed by atoms with Crippen LogP contribution in [0.4, 0.5) is 0 Å². The third kappa shape index (κ3) is 6.80. The number of hydrogen-bond acceptors (Lipinski definition) is 3. The van der Waals surface area contributed by atoms with Gasteiger partial charge in [-0.2, -0.15) is 0 Å². The average molecular weight is 559 g/mol. The summed E-state index contributed by atoms with van der Waals surface area (Å²) < 4.78 is 8.31. The Bertz CT molecular complexity index is 1020. The molecule has 0 aliphatic carbocycles. The van der Waals surface area contributed by atoms with E-state index in [9.17, 15) is 0 Å². The molecule has 4 rings (SSSR count). The summed E-state index contributed by atoms with van der Waals surface area (Å²) in [5, 5.41) is 3.47. The van der Waals surface area contributed by atoms with Gasteiger partial charge in [-0.1, -0.05) is 54.6 Å². The highest BCUT2D eigenvalue weighted by atomic mass is 127. The number of imidazole rings is 1. The lowest BCUT2D eigenvalue weighted by Crippen LogP contribution is -2.48. The van der Waals surface area contributed by atoms with Crippen molar-refractivity contribution in [1.29, 1.82) is 0 Å². The van der Waals surface area contributed by atoms with Crippen molar-refractivity contribution in [2.24, 2.45) is 4.99 Å². The van der Waals surface area contributed by atoms with Crippen molar-refractivity contribution in [3.63, 3.8) is 0 Å². The molecule has 1 atom stereocenters. The highest BCUT2D eigenvalue weighted by Crippen LogP contribution is 2.25. The second-order valence-electron chi connectivity index (χ2n) is 8.10. The molecule has 2 heterocycles. The van der Waals surface area contributed by atoms with E-state index in [-0.39, 0.29) is 30.1 Å². The first-order chi connectivity index (χ1) is 15.7. The largest absolute Gasteiger partial charge is 0.370 e. The van der Waals surface area contributed by atoms with E-state index in [1.165, 1.54) is 16.7 Å². The van der Waals surface area contributed by atoms with Crippen LogP contribution in [0, 0.1) is 6.92 Å². The fourth-order valence-corrected chi connectivity index (χ4v) is 4.16. The summed E-state index contributed by atoms with van der Waals surface area (Å²) in [5.74, 6) is 2.02. The minimum atomic E-state index is 0. The molecule has 1 aliphatic rings. The van der Waals surface area contributed by atoms with E-state index in [4.69, 9.17) is 9.73 Å². The summed E-state index contributed by atoms with van der Waals surface area (Å²) in [6, 6.07) is 19.0. The number of morpholine rings is 1. The predicted octanol–water partition coefficient (Wildman–Crippen LogP) is 4.44. The van der Waals surface area contributed by atoms with Crippen LogP contribution in [-0.4, -0.2) is 53.2 Å².